The van der Waals surface area contributed by atoms with Gasteiger partial charge in [-0.05, 0) is 50.1 Å². The maximum atomic E-state index is 12.2. The van der Waals surface area contributed by atoms with Crippen molar-refractivity contribution in [3.63, 3.8) is 0 Å². The molecule has 0 bridgehead atoms. The summed E-state index contributed by atoms with van der Waals surface area (Å²) in [5, 5.41) is 2.69. The van der Waals surface area contributed by atoms with Gasteiger partial charge in [-0.2, -0.15) is 0 Å². The number of fused-ring (bicyclic) bond motifs is 1. The minimum absolute atomic E-state index is 0.0506. The number of benzene rings is 2. The van der Waals surface area contributed by atoms with Crippen LogP contribution in [0.5, 0.6) is 17.2 Å². The molecule has 0 unspecified atom stereocenters. The van der Waals surface area contributed by atoms with Crippen molar-refractivity contribution in [1.29, 1.82) is 0 Å². The normalized spacial score (nSPS) is 13.0. The van der Waals surface area contributed by atoms with E-state index in [9.17, 15) is 9.59 Å². The summed E-state index contributed by atoms with van der Waals surface area (Å²) < 4.78 is 21.3. The quantitative estimate of drug-likeness (QED) is 0.736. The average molecular weight is 385 g/mol. The molecule has 0 saturated carbocycles. The van der Waals surface area contributed by atoms with Crippen LogP contribution >= 0.6 is 0 Å². The first-order chi connectivity index (χ1) is 13.4. The van der Waals surface area contributed by atoms with Crippen LogP contribution in [-0.4, -0.2) is 31.4 Å². The van der Waals surface area contributed by atoms with E-state index in [1.807, 2.05) is 32.0 Å². The molecule has 1 amide bonds. The second-order valence-corrected chi connectivity index (χ2v) is 6.56. The van der Waals surface area contributed by atoms with Gasteiger partial charge >= 0.3 is 5.97 Å². The van der Waals surface area contributed by atoms with Gasteiger partial charge in [-0.1, -0.05) is 12.1 Å². The Morgan fingerprint density at radius 3 is 2.71 bits per heavy atom. The molecule has 2 aromatic rings. The van der Waals surface area contributed by atoms with E-state index in [0.29, 0.717) is 17.2 Å². The zero-order valence-electron chi connectivity index (χ0n) is 16.1. The van der Waals surface area contributed by atoms with E-state index in [4.69, 9.17) is 18.9 Å². The zero-order chi connectivity index (χ0) is 20.1. The minimum Gasteiger partial charge on any atom is -0.493 e. The Morgan fingerprint density at radius 1 is 1.11 bits per heavy atom. The van der Waals surface area contributed by atoms with Crippen LogP contribution in [0.2, 0.25) is 0 Å². The van der Waals surface area contributed by atoms with Crippen LogP contribution in [-0.2, 0) is 14.3 Å². The van der Waals surface area contributed by atoms with Crippen LogP contribution in [0.3, 0.4) is 0 Å². The van der Waals surface area contributed by atoms with E-state index in [2.05, 4.69) is 5.32 Å². The van der Waals surface area contributed by atoms with Crippen molar-refractivity contribution in [1.82, 2.24) is 0 Å². The van der Waals surface area contributed by atoms with Gasteiger partial charge in [0.15, 0.2) is 17.6 Å². The van der Waals surface area contributed by atoms with Crippen LogP contribution in [0, 0.1) is 13.8 Å². The lowest BCUT2D eigenvalue weighted by Crippen LogP contribution is -2.30. The highest BCUT2D eigenvalue weighted by Crippen LogP contribution is 2.34. The van der Waals surface area contributed by atoms with E-state index < -0.39 is 18.0 Å². The highest BCUT2D eigenvalue weighted by molar-refractivity contribution is 5.95. The van der Waals surface area contributed by atoms with E-state index in [1.165, 1.54) is 6.92 Å². The third-order valence-corrected chi connectivity index (χ3v) is 4.22. The Kier molecular flexibility index (Phi) is 6.03. The smallest absolute Gasteiger partial charge is 0.310 e. The number of anilines is 1. The van der Waals surface area contributed by atoms with Crippen molar-refractivity contribution in [2.75, 3.05) is 18.7 Å². The Morgan fingerprint density at radius 2 is 1.89 bits per heavy atom. The van der Waals surface area contributed by atoms with E-state index >= 15 is 0 Å². The first-order valence-electron chi connectivity index (χ1n) is 9.02. The fraction of sp³-hybridized carbons (Fsp3) is 0.333. The Labute approximate surface area is 163 Å². The first-order valence-corrected chi connectivity index (χ1v) is 9.02. The Balaban J connectivity index is 1.44. The van der Waals surface area contributed by atoms with Crippen molar-refractivity contribution in [2.24, 2.45) is 0 Å². The molecule has 2 aromatic carbocycles. The molecule has 1 atom stereocenters. The monoisotopic (exact) mass is 385 g/mol. The number of amides is 1. The average Bonchev–Trinajstić information content (AvgIpc) is 3.12. The molecule has 0 fully saturated rings. The number of hydrogen-bond acceptors (Lipinski definition) is 6. The molecule has 1 heterocycles. The molecule has 1 aliphatic heterocycles. The lowest BCUT2D eigenvalue weighted by molar-refractivity contribution is -0.153. The number of rotatable bonds is 7. The molecule has 7 heteroatoms. The third kappa shape index (κ3) is 4.94. The van der Waals surface area contributed by atoms with Crippen LogP contribution in [0.4, 0.5) is 5.69 Å². The van der Waals surface area contributed by atoms with Gasteiger partial charge in [0.05, 0.1) is 13.0 Å². The molecule has 1 N–H and O–H groups in total. The summed E-state index contributed by atoms with van der Waals surface area (Å²) >= 11 is 0. The second kappa shape index (κ2) is 8.65. The Hall–Kier alpha value is -3.22. The van der Waals surface area contributed by atoms with Crippen molar-refractivity contribution >= 4 is 17.6 Å². The van der Waals surface area contributed by atoms with Gasteiger partial charge in [0.1, 0.15) is 5.75 Å². The van der Waals surface area contributed by atoms with Gasteiger partial charge in [0.25, 0.3) is 5.91 Å². The molecule has 1 aliphatic rings. The van der Waals surface area contributed by atoms with E-state index in [1.54, 1.807) is 18.2 Å². The van der Waals surface area contributed by atoms with Gasteiger partial charge in [0, 0.05) is 11.8 Å². The zero-order valence-corrected chi connectivity index (χ0v) is 16.1. The largest absolute Gasteiger partial charge is 0.493 e. The summed E-state index contributed by atoms with van der Waals surface area (Å²) in [7, 11) is 0. The molecule has 0 spiro atoms. The SMILES string of the molecule is Cc1ccc(C)c(OCCC(=O)O[C@H](C)C(=O)Nc2ccc3c(c2)OCO3)c1. The number of esters is 1. The van der Waals surface area contributed by atoms with Crippen molar-refractivity contribution in [3.8, 4) is 17.2 Å². The topological polar surface area (TPSA) is 83.1 Å². The van der Waals surface area contributed by atoms with Gasteiger partial charge < -0.3 is 24.3 Å². The van der Waals surface area contributed by atoms with Crippen molar-refractivity contribution in [2.45, 2.75) is 33.3 Å². The summed E-state index contributed by atoms with van der Waals surface area (Å²) in [5.74, 6) is 0.995. The maximum absolute atomic E-state index is 12.2. The standard InChI is InChI=1S/C21H23NO6/c1-13-4-5-14(2)18(10-13)25-9-8-20(23)28-15(3)21(24)22-16-6-7-17-19(11-16)27-12-26-17/h4-7,10-11,15H,8-9,12H2,1-3H3,(H,22,24)/t15-/m1/s1. The lowest BCUT2D eigenvalue weighted by atomic mass is 10.1. The molecule has 3 rings (SSSR count). The van der Waals surface area contributed by atoms with Crippen molar-refractivity contribution < 1.29 is 28.5 Å². The molecule has 7 nitrogen and oxygen atoms in total. The number of ether oxygens (including phenoxy) is 4. The summed E-state index contributed by atoms with van der Waals surface area (Å²) in [6.45, 7) is 5.77. The fourth-order valence-corrected chi connectivity index (χ4v) is 2.63. The van der Waals surface area contributed by atoms with Crippen LogP contribution in [0.1, 0.15) is 24.5 Å². The first kappa shape index (κ1) is 19.5. The third-order valence-electron chi connectivity index (χ3n) is 4.22. The lowest BCUT2D eigenvalue weighted by Gasteiger charge is -2.14. The molecule has 0 saturated heterocycles. The number of nitrogens with one attached hydrogen (secondary N) is 1. The summed E-state index contributed by atoms with van der Waals surface area (Å²) in [6, 6.07) is 10.9. The molecule has 148 valence electrons. The number of aryl methyl sites for hydroxylation is 2. The minimum atomic E-state index is -0.932. The van der Waals surface area contributed by atoms with Crippen LogP contribution < -0.4 is 19.5 Å². The van der Waals surface area contributed by atoms with Gasteiger partial charge in [0.2, 0.25) is 6.79 Å². The van der Waals surface area contributed by atoms with E-state index in [-0.39, 0.29) is 19.8 Å². The fourth-order valence-electron chi connectivity index (χ4n) is 2.63. The molecule has 0 aromatic heterocycles. The van der Waals surface area contributed by atoms with Gasteiger partial charge in [-0.25, -0.2) is 0 Å². The molecular formula is C21H23NO6. The predicted octanol–water partition coefficient (Wildman–Crippen LogP) is 3.37. The van der Waals surface area contributed by atoms with Gasteiger partial charge in [-0.3, -0.25) is 9.59 Å². The summed E-state index contributed by atoms with van der Waals surface area (Å²) in [4.78, 5) is 24.2. The van der Waals surface area contributed by atoms with Crippen LogP contribution in [0.15, 0.2) is 36.4 Å². The van der Waals surface area contributed by atoms with Crippen molar-refractivity contribution in [3.05, 3.63) is 47.5 Å². The molecule has 0 radical (unpaired) electrons. The van der Waals surface area contributed by atoms with Crippen LogP contribution in [0.25, 0.3) is 0 Å². The summed E-state index contributed by atoms with van der Waals surface area (Å²) in [5.41, 5.74) is 2.61. The summed E-state index contributed by atoms with van der Waals surface area (Å²) in [6.07, 6.45) is -0.881. The highest BCUT2D eigenvalue weighted by Gasteiger charge is 2.20. The number of hydrogen-bond donors (Lipinski definition) is 1. The van der Waals surface area contributed by atoms with E-state index in [0.717, 1.165) is 16.9 Å². The number of carbonyl (C=O) groups is 2. The maximum Gasteiger partial charge on any atom is 0.310 e. The highest BCUT2D eigenvalue weighted by atomic mass is 16.7. The number of carbonyl (C=O) groups excluding carboxylic acids is 2. The molecule has 28 heavy (non-hydrogen) atoms. The van der Waals surface area contributed by atoms with Gasteiger partial charge in [-0.15, -0.1) is 0 Å². The molecule has 0 aliphatic carbocycles. The molecular weight excluding hydrogens is 362 g/mol. The predicted molar refractivity (Wildman–Crippen MR) is 103 cm³/mol. The second-order valence-electron chi connectivity index (χ2n) is 6.56. The Bertz CT molecular complexity index is 879.